The zero-order valence-corrected chi connectivity index (χ0v) is 17.3. The summed E-state index contributed by atoms with van der Waals surface area (Å²) in [4.78, 5) is 32.8. The van der Waals surface area contributed by atoms with E-state index in [1.807, 2.05) is 30.3 Å². The van der Waals surface area contributed by atoms with Crippen LogP contribution in [-0.2, 0) is 17.8 Å². The lowest BCUT2D eigenvalue weighted by Gasteiger charge is -2.23. The maximum atomic E-state index is 12.8. The number of aromatic amines is 1. The third-order valence-corrected chi connectivity index (χ3v) is 4.68. The molecule has 2 heterocycles. The Labute approximate surface area is 170 Å². The highest BCUT2D eigenvalue weighted by molar-refractivity contribution is 5.90. The van der Waals surface area contributed by atoms with Gasteiger partial charge in [-0.25, -0.2) is 9.78 Å². The van der Waals surface area contributed by atoms with Crippen LogP contribution in [0.3, 0.4) is 0 Å². The minimum absolute atomic E-state index is 0.0662. The van der Waals surface area contributed by atoms with Crippen molar-refractivity contribution in [1.29, 1.82) is 0 Å². The number of H-pyrrole nitrogens is 1. The Kier molecular flexibility index (Phi) is 6.69. The normalized spacial score (nSPS) is 15.1. The smallest absolute Gasteiger partial charge is 0.361 e. The van der Waals surface area contributed by atoms with Crippen molar-refractivity contribution in [3.63, 3.8) is 0 Å². The van der Waals surface area contributed by atoms with E-state index >= 15 is 0 Å². The highest BCUT2D eigenvalue weighted by atomic mass is 16.6. The number of aromatic nitrogens is 2. The van der Waals surface area contributed by atoms with Gasteiger partial charge in [-0.05, 0) is 58.2 Å². The predicted octanol–water partition coefficient (Wildman–Crippen LogP) is 2.85. The molecule has 0 unspecified atom stereocenters. The molecule has 7 nitrogen and oxygen atoms in total. The molecule has 2 aromatic rings. The highest BCUT2D eigenvalue weighted by Crippen LogP contribution is 2.20. The lowest BCUT2D eigenvalue weighted by atomic mass is 9.94. The first kappa shape index (κ1) is 21.0. The number of nitrogens with one attached hydrogen (secondary N) is 2. The van der Waals surface area contributed by atoms with Crippen LogP contribution in [0.2, 0.25) is 0 Å². The van der Waals surface area contributed by atoms with Crippen molar-refractivity contribution in [3.05, 3.63) is 57.8 Å². The Morgan fingerprint density at radius 2 is 1.86 bits per heavy atom. The molecule has 2 N–H and O–H groups in total. The summed E-state index contributed by atoms with van der Waals surface area (Å²) in [6.45, 7) is 7.39. The van der Waals surface area contributed by atoms with Gasteiger partial charge in [0.15, 0.2) is 5.69 Å². The summed E-state index contributed by atoms with van der Waals surface area (Å²) in [5.41, 5.74) is -0.335. The Morgan fingerprint density at radius 1 is 1.17 bits per heavy atom. The van der Waals surface area contributed by atoms with Crippen LogP contribution in [0.25, 0.3) is 0 Å². The number of carbonyl (C=O) groups is 1. The van der Waals surface area contributed by atoms with E-state index < -0.39 is 17.1 Å². The Hall–Kier alpha value is -2.67. The molecule has 1 aromatic heterocycles. The number of nitrogens with zero attached hydrogens (tertiary/aromatic N) is 1. The molecule has 156 valence electrons. The Balaban J connectivity index is 1.87. The number of esters is 1. The molecule has 1 fully saturated rings. The van der Waals surface area contributed by atoms with Crippen molar-refractivity contribution in [2.24, 2.45) is 5.92 Å². The number of ether oxygens (including phenoxy) is 2. The minimum Gasteiger partial charge on any atom is -0.481 e. The number of hydrogen-bond acceptors (Lipinski definition) is 6. The standard InChI is InChI=1S/C22H29N3O4/c1-22(2,3)29-21(27)18-19(28-14-16-7-5-4-6-8-16)20(26)25-17(24-18)13-15-9-11-23-12-10-15/h4-8,15,23H,9-14H2,1-3H3,(H,24,25,26). The zero-order valence-electron chi connectivity index (χ0n) is 17.3. The van der Waals surface area contributed by atoms with Crippen LogP contribution in [0.1, 0.15) is 55.5 Å². The molecule has 0 saturated carbocycles. The van der Waals surface area contributed by atoms with Crippen LogP contribution < -0.4 is 15.6 Å². The van der Waals surface area contributed by atoms with Crippen molar-refractivity contribution in [2.45, 2.75) is 52.2 Å². The van der Waals surface area contributed by atoms with Gasteiger partial charge in [0.25, 0.3) is 5.56 Å². The molecule has 1 aliphatic heterocycles. The first-order valence-corrected chi connectivity index (χ1v) is 10.1. The van der Waals surface area contributed by atoms with E-state index in [2.05, 4.69) is 15.3 Å². The molecule has 7 heteroatoms. The summed E-state index contributed by atoms with van der Waals surface area (Å²) in [5, 5.41) is 3.32. The third kappa shape index (κ3) is 6.15. The summed E-state index contributed by atoms with van der Waals surface area (Å²) < 4.78 is 11.2. The van der Waals surface area contributed by atoms with Crippen LogP contribution >= 0.6 is 0 Å². The van der Waals surface area contributed by atoms with E-state index in [0.717, 1.165) is 31.5 Å². The summed E-state index contributed by atoms with van der Waals surface area (Å²) >= 11 is 0. The maximum Gasteiger partial charge on any atom is 0.361 e. The maximum absolute atomic E-state index is 12.8. The molecular weight excluding hydrogens is 370 g/mol. The van der Waals surface area contributed by atoms with E-state index in [1.54, 1.807) is 20.8 Å². The van der Waals surface area contributed by atoms with Gasteiger partial charge in [0.2, 0.25) is 5.75 Å². The summed E-state index contributed by atoms with van der Waals surface area (Å²) in [6, 6.07) is 9.45. The van der Waals surface area contributed by atoms with E-state index in [-0.39, 0.29) is 18.1 Å². The van der Waals surface area contributed by atoms with Gasteiger partial charge in [0, 0.05) is 6.42 Å². The Bertz CT molecular complexity index is 881. The number of hydrogen-bond donors (Lipinski definition) is 2. The second-order valence-electron chi connectivity index (χ2n) is 8.36. The van der Waals surface area contributed by atoms with Gasteiger partial charge in [0.1, 0.15) is 18.0 Å². The van der Waals surface area contributed by atoms with Gasteiger partial charge >= 0.3 is 5.97 Å². The SMILES string of the molecule is CC(C)(C)OC(=O)c1nc(CC2CCNCC2)[nH]c(=O)c1OCc1ccccc1. The lowest BCUT2D eigenvalue weighted by Crippen LogP contribution is -2.31. The molecule has 3 rings (SSSR count). The molecule has 1 aromatic carbocycles. The van der Waals surface area contributed by atoms with Crippen LogP contribution in [0.4, 0.5) is 0 Å². The van der Waals surface area contributed by atoms with Gasteiger partial charge in [-0.3, -0.25) is 4.79 Å². The van der Waals surface area contributed by atoms with E-state index in [9.17, 15) is 9.59 Å². The predicted molar refractivity (Wildman–Crippen MR) is 110 cm³/mol. The average Bonchev–Trinajstić information content (AvgIpc) is 2.67. The van der Waals surface area contributed by atoms with Crippen LogP contribution in [0.15, 0.2) is 35.1 Å². The molecule has 1 saturated heterocycles. The second kappa shape index (κ2) is 9.22. The van der Waals surface area contributed by atoms with Gasteiger partial charge in [0.05, 0.1) is 0 Å². The molecule has 0 aliphatic carbocycles. The zero-order chi connectivity index (χ0) is 20.9. The average molecular weight is 399 g/mol. The highest BCUT2D eigenvalue weighted by Gasteiger charge is 2.26. The van der Waals surface area contributed by atoms with Crippen LogP contribution in [0, 0.1) is 5.92 Å². The molecule has 1 aliphatic rings. The molecule has 0 radical (unpaired) electrons. The number of benzene rings is 1. The fourth-order valence-corrected chi connectivity index (χ4v) is 3.29. The second-order valence-corrected chi connectivity index (χ2v) is 8.36. The molecule has 0 bridgehead atoms. The Morgan fingerprint density at radius 3 is 2.52 bits per heavy atom. The monoisotopic (exact) mass is 399 g/mol. The fraction of sp³-hybridized carbons (Fsp3) is 0.500. The number of piperidine rings is 1. The number of carbonyl (C=O) groups excluding carboxylic acids is 1. The molecular formula is C22H29N3O4. The van der Waals surface area contributed by atoms with Crippen molar-refractivity contribution >= 4 is 5.97 Å². The van der Waals surface area contributed by atoms with Gasteiger partial charge in [-0.2, -0.15) is 0 Å². The quantitative estimate of drug-likeness (QED) is 0.726. The molecule has 29 heavy (non-hydrogen) atoms. The van der Waals surface area contributed by atoms with Crippen LogP contribution in [0.5, 0.6) is 5.75 Å². The topological polar surface area (TPSA) is 93.3 Å². The summed E-state index contributed by atoms with van der Waals surface area (Å²) in [7, 11) is 0. The van der Waals surface area contributed by atoms with Crippen molar-refractivity contribution < 1.29 is 14.3 Å². The third-order valence-electron chi connectivity index (χ3n) is 4.68. The van der Waals surface area contributed by atoms with Gasteiger partial charge in [-0.15, -0.1) is 0 Å². The van der Waals surface area contributed by atoms with E-state index in [1.165, 1.54) is 0 Å². The fourth-order valence-electron chi connectivity index (χ4n) is 3.29. The van der Waals surface area contributed by atoms with Gasteiger partial charge in [-0.1, -0.05) is 30.3 Å². The van der Waals surface area contributed by atoms with E-state index in [0.29, 0.717) is 18.2 Å². The molecule has 0 atom stereocenters. The van der Waals surface area contributed by atoms with Crippen molar-refractivity contribution in [2.75, 3.05) is 13.1 Å². The first-order chi connectivity index (χ1) is 13.8. The summed E-state index contributed by atoms with van der Waals surface area (Å²) in [5.74, 6) is 0.159. The molecule has 0 spiro atoms. The number of rotatable bonds is 6. The van der Waals surface area contributed by atoms with E-state index in [4.69, 9.17) is 9.47 Å². The summed E-state index contributed by atoms with van der Waals surface area (Å²) in [6.07, 6.45) is 2.64. The largest absolute Gasteiger partial charge is 0.481 e. The molecule has 0 amide bonds. The lowest BCUT2D eigenvalue weighted by molar-refractivity contribution is 0.00571. The van der Waals surface area contributed by atoms with Crippen molar-refractivity contribution in [3.8, 4) is 5.75 Å². The van der Waals surface area contributed by atoms with Crippen molar-refractivity contribution in [1.82, 2.24) is 15.3 Å². The minimum atomic E-state index is -0.701. The first-order valence-electron chi connectivity index (χ1n) is 10.1. The van der Waals surface area contributed by atoms with Gasteiger partial charge < -0.3 is 19.8 Å². The van der Waals surface area contributed by atoms with Crippen LogP contribution in [-0.4, -0.2) is 34.6 Å².